The van der Waals surface area contributed by atoms with Gasteiger partial charge in [-0.3, -0.25) is 0 Å². The number of aromatic carboxylic acids is 1. The van der Waals surface area contributed by atoms with E-state index in [1.165, 1.54) is 0 Å². The molecule has 2 heterocycles. The molecule has 0 atom stereocenters. The summed E-state index contributed by atoms with van der Waals surface area (Å²) in [6.07, 6.45) is 0. The predicted molar refractivity (Wildman–Crippen MR) is 81.4 cm³/mol. The first-order valence-electron chi connectivity index (χ1n) is 5.84. The Hall–Kier alpha value is -2.18. The van der Waals surface area contributed by atoms with Gasteiger partial charge in [0.05, 0.1) is 10.7 Å². The monoisotopic (exact) mass is 322 g/mol. The van der Waals surface area contributed by atoms with Crippen molar-refractivity contribution >= 4 is 44.7 Å². The van der Waals surface area contributed by atoms with Gasteiger partial charge in [-0.05, 0) is 29.0 Å². The standard InChI is InChI=1S/C14H8ClFN2O2S/c15-9-11(17)10(16)12(18-13(9)14(19)20)7-1-2-8-6(5-7)3-4-21-8/h1-5H,(H2,17,18)(H,19,20). The topological polar surface area (TPSA) is 76.2 Å². The van der Waals surface area contributed by atoms with Crippen LogP contribution in [-0.2, 0) is 0 Å². The van der Waals surface area contributed by atoms with Gasteiger partial charge in [-0.1, -0.05) is 17.7 Å². The van der Waals surface area contributed by atoms with Crippen molar-refractivity contribution in [2.75, 3.05) is 5.73 Å². The molecule has 0 amide bonds. The van der Waals surface area contributed by atoms with Crippen molar-refractivity contribution < 1.29 is 14.3 Å². The fraction of sp³-hybridized carbons (Fsp3) is 0. The second kappa shape index (κ2) is 4.98. The molecule has 0 saturated carbocycles. The molecule has 0 aliphatic heterocycles. The summed E-state index contributed by atoms with van der Waals surface area (Å²) in [7, 11) is 0. The number of carbonyl (C=O) groups is 1. The number of fused-ring (bicyclic) bond motifs is 1. The Morgan fingerprint density at radius 3 is 2.86 bits per heavy atom. The van der Waals surface area contributed by atoms with Crippen molar-refractivity contribution in [3.8, 4) is 11.3 Å². The first-order chi connectivity index (χ1) is 9.99. The van der Waals surface area contributed by atoms with Crippen molar-refractivity contribution in [2.45, 2.75) is 0 Å². The Morgan fingerprint density at radius 1 is 1.38 bits per heavy atom. The molecule has 1 aromatic carbocycles. The lowest BCUT2D eigenvalue weighted by atomic mass is 10.1. The lowest BCUT2D eigenvalue weighted by molar-refractivity contribution is 0.0691. The number of nitrogens with zero attached hydrogens (tertiary/aromatic N) is 1. The number of halogens is 2. The minimum atomic E-state index is -1.36. The van der Waals surface area contributed by atoms with E-state index >= 15 is 0 Å². The smallest absolute Gasteiger partial charge is 0.356 e. The van der Waals surface area contributed by atoms with Gasteiger partial charge in [0.1, 0.15) is 5.69 Å². The molecule has 0 saturated heterocycles. The van der Waals surface area contributed by atoms with Crippen LogP contribution in [0.2, 0.25) is 5.02 Å². The minimum Gasteiger partial charge on any atom is -0.476 e. The van der Waals surface area contributed by atoms with Crippen molar-refractivity contribution in [1.82, 2.24) is 4.98 Å². The van der Waals surface area contributed by atoms with Crippen molar-refractivity contribution in [3.63, 3.8) is 0 Å². The number of hydrogen-bond acceptors (Lipinski definition) is 4. The van der Waals surface area contributed by atoms with E-state index in [1.807, 2.05) is 17.5 Å². The van der Waals surface area contributed by atoms with Crippen LogP contribution in [0.5, 0.6) is 0 Å². The number of nitrogen functional groups attached to an aromatic ring is 1. The maximum absolute atomic E-state index is 14.3. The van der Waals surface area contributed by atoms with Gasteiger partial charge < -0.3 is 10.8 Å². The average molecular weight is 323 g/mol. The predicted octanol–water partition coefficient (Wildman–Crippen LogP) is 4.04. The summed E-state index contributed by atoms with van der Waals surface area (Å²) in [6.45, 7) is 0. The van der Waals surface area contributed by atoms with Gasteiger partial charge in [0.25, 0.3) is 0 Å². The molecule has 3 N–H and O–H groups in total. The van der Waals surface area contributed by atoms with Gasteiger partial charge >= 0.3 is 5.97 Å². The van der Waals surface area contributed by atoms with Crippen LogP contribution < -0.4 is 5.73 Å². The maximum atomic E-state index is 14.3. The SMILES string of the molecule is Nc1c(F)c(-c2ccc3sccc3c2)nc(C(=O)O)c1Cl. The van der Waals surface area contributed by atoms with Crippen molar-refractivity contribution in [2.24, 2.45) is 0 Å². The zero-order chi connectivity index (χ0) is 15.1. The van der Waals surface area contributed by atoms with Crippen LogP contribution in [0.4, 0.5) is 10.1 Å². The van der Waals surface area contributed by atoms with Gasteiger partial charge in [0.2, 0.25) is 0 Å². The number of pyridine rings is 1. The Kier molecular flexibility index (Phi) is 3.27. The van der Waals surface area contributed by atoms with Gasteiger partial charge in [0, 0.05) is 10.3 Å². The fourth-order valence-electron chi connectivity index (χ4n) is 2.01. The van der Waals surface area contributed by atoms with Gasteiger partial charge in [-0.15, -0.1) is 11.3 Å². The number of benzene rings is 1. The summed E-state index contributed by atoms with van der Waals surface area (Å²) in [4.78, 5) is 14.9. The lowest BCUT2D eigenvalue weighted by Crippen LogP contribution is -2.08. The third-order valence-corrected chi connectivity index (χ3v) is 4.32. The van der Waals surface area contributed by atoms with Crippen LogP contribution in [-0.4, -0.2) is 16.1 Å². The molecule has 3 aromatic rings. The first kappa shape index (κ1) is 13.8. The Morgan fingerprint density at radius 2 is 2.14 bits per heavy atom. The third kappa shape index (κ3) is 2.22. The number of nitrogens with two attached hydrogens (primary N) is 1. The van der Waals surface area contributed by atoms with E-state index in [0.717, 1.165) is 10.1 Å². The van der Waals surface area contributed by atoms with Gasteiger partial charge in [0.15, 0.2) is 11.5 Å². The molecule has 3 rings (SSSR count). The van der Waals surface area contributed by atoms with E-state index in [9.17, 15) is 9.18 Å². The molecular formula is C14H8ClFN2O2S. The molecule has 7 heteroatoms. The fourth-order valence-corrected chi connectivity index (χ4v) is 2.99. The van der Waals surface area contributed by atoms with Crippen LogP contribution in [0.25, 0.3) is 21.3 Å². The highest BCUT2D eigenvalue weighted by atomic mass is 35.5. The molecule has 0 fully saturated rings. The largest absolute Gasteiger partial charge is 0.476 e. The van der Waals surface area contributed by atoms with Crippen LogP contribution in [0.3, 0.4) is 0 Å². The quantitative estimate of drug-likeness (QED) is 0.746. The van der Waals surface area contributed by atoms with E-state index in [1.54, 1.807) is 23.5 Å². The highest BCUT2D eigenvalue weighted by Crippen LogP contribution is 2.34. The van der Waals surface area contributed by atoms with E-state index in [-0.39, 0.29) is 10.7 Å². The Balaban J connectivity index is 2.28. The van der Waals surface area contributed by atoms with Crippen molar-refractivity contribution in [3.05, 3.63) is 46.2 Å². The minimum absolute atomic E-state index is 0.123. The second-order valence-corrected chi connectivity index (χ2v) is 5.65. The van der Waals surface area contributed by atoms with Crippen LogP contribution >= 0.6 is 22.9 Å². The van der Waals surface area contributed by atoms with Crippen LogP contribution in [0.1, 0.15) is 10.5 Å². The van der Waals surface area contributed by atoms with Gasteiger partial charge in [-0.2, -0.15) is 0 Å². The van der Waals surface area contributed by atoms with Crippen LogP contribution in [0.15, 0.2) is 29.6 Å². The summed E-state index contributed by atoms with van der Waals surface area (Å²) in [5.74, 6) is -2.18. The lowest BCUT2D eigenvalue weighted by Gasteiger charge is -2.09. The molecule has 4 nitrogen and oxygen atoms in total. The van der Waals surface area contributed by atoms with E-state index in [4.69, 9.17) is 22.4 Å². The third-order valence-electron chi connectivity index (χ3n) is 3.04. The summed E-state index contributed by atoms with van der Waals surface area (Å²) >= 11 is 7.28. The number of aromatic nitrogens is 1. The molecule has 0 spiro atoms. The summed E-state index contributed by atoms with van der Waals surface area (Å²) < 4.78 is 15.3. The molecule has 0 bridgehead atoms. The number of carboxylic acids is 1. The molecule has 0 aliphatic carbocycles. The van der Waals surface area contributed by atoms with Crippen molar-refractivity contribution in [1.29, 1.82) is 0 Å². The maximum Gasteiger partial charge on any atom is 0.356 e. The second-order valence-electron chi connectivity index (χ2n) is 4.33. The molecule has 106 valence electrons. The average Bonchev–Trinajstić information content (AvgIpc) is 2.92. The van der Waals surface area contributed by atoms with Crippen LogP contribution in [0, 0.1) is 5.82 Å². The van der Waals surface area contributed by atoms with E-state index < -0.39 is 23.2 Å². The Bertz CT molecular complexity index is 879. The normalized spacial score (nSPS) is 11.0. The highest BCUT2D eigenvalue weighted by molar-refractivity contribution is 7.17. The molecule has 0 unspecified atom stereocenters. The van der Waals surface area contributed by atoms with E-state index in [0.29, 0.717) is 5.56 Å². The molecule has 0 aliphatic rings. The Labute approximate surface area is 127 Å². The molecule has 21 heavy (non-hydrogen) atoms. The number of carboxylic acid groups (broad SMARTS) is 1. The molecule has 0 radical (unpaired) electrons. The first-order valence-corrected chi connectivity index (χ1v) is 7.10. The number of anilines is 1. The van der Waals surface area contributed by atoms with E-state index in [2.05, 4.69) is 4.98 Å². The number of thiophene rings is 1. The van der Waals surface area contributed by atoms with Gasteiger partial charge in [-0.25, -0.2) is 14.2 Å². The number of hydrogen-bond donors (Lipinski definition) is 2. The summed E-state index contributed by atoms with van der Waals surface area (Å²) in [5.41, 5.74) is 4.99. The molecule has 2 aromatic heterocycles. The summed E-state index contributed by atoms with van der Waals surface area (Å²) in [6, 6.07) is 7.11. The zero-order valence-electron chi connectivity index (χ0n) is 10.4. The zero-order valence-corrected chi connectivity index (χ0v) is 12.0. The molecular weight excluding hydrogens is 315 g/mol. The summed E-state index contributed by atoms with van der Waals surface area (Å²) in [5, 5.41) is 11.5. The number of rotatable bonds is 2. The highest BCUT2D eigenvalue weighted by Gasteiger charge is 2.21.